The SMILES string of the molecule is Cc1ccc(S(=O)(=O)CCC(=O)N(Cc2ccco2)c2nc3c(C)ccc(C)c3s2)cc1. The van der Waals surface area contributed by atoms with Gasteiger partial charge in [-0.3, -0.25) is 9.69 Å². The first-order valence-electron chi connectivity index (χ1n) is 10.2. The number of rotatable bonds is 7. The maximum Gasteiger partial charge on any atom is 0.230 e. The first-order chi connectivity index (χ1) is 15.2. The molecule has 0 bridgehead atoms. The van der Waals surface area contributed by atoms with E-state index in [0.29, 0.717) is 10.9 Å². The highest BCUT2D eigenvalue weighted by atomic mass is 32.2. The Balaban J connectivity index is 1.62. The Morgan fingerprint density at radius 3 is 2.41 bits per heavy atom. The van der Waals surface area contributed by atoms with Crippen molar-refractivity contribution in [1.29, 1.82) is 0 Å². The standard InChI is InChI=1S/C24H24N2O4S2/c1-16-6-10-20(11-7-16)32(28,29)14-12-21(27)26(15-19-5-4-13-30-19)24-25-22-17(2)8-9-18(3)23(22)31-24/h4-11,13H,12,14-15H2,1-3H3. The molecule has 0 radical (unpaired) electrons. The minimum absolute atomic E-state index is 0.148. The van der Waals surface area contributed by atoms with E-state index in [4.69, 9.17) is 9.40 Å². The number of carbonyl (C=O) groups excluding carboxylic acids is 1. The molecule has 0 saturated carbocycles. The van der Waals surface area contributed by atoms with E-state index in [1.54, 1.807) is 42.7 Å². The lowest BCUT2D eigenvalue weighted by molar-refractivity contribution is -0.118. The summed E-state index contributed by atoms with van der Waals surface area (Å²) >= 11 is 1.43. The first kappa shape index (κ1) is 22.2. The normalized spacial score (nSPS) is 11.7. The molecule has 0 N–H and O–H groups in total. The number of nitrogens with zero attached hydrogens (tertiary/aromatic N) is 2. The predicted molar refractivity (Wildman–Crippen MR) is 127 cm³/mol. The number of fused-ring (bicyclic) bond motifs is 1. The van der Waals surface area contributed by atoms with Gasteiger partial charge in [0, 0.05) is 6.42 Å². The summed E-state index contributed by atoms with van der Waals surface area (Å²) in [5, 5.41) is 0.534. The topological polar surface area (TPSA) is 80.5 Å². The van der Waals surface area contributed by atoms with Gasteiger partial charge in [0.05, 0.1) is 33.7 Å². The van der Waals surface area contributed by atoms with Crippen LogP contribution in [0.1, 0.15) is 28.9 Å². The third-order valence-electron chi connectivity index (χ3n) is 5.32. The molecule has 1 amide bonds. The first-order valence-corrected chi connectivity index (χ1v) is 12.7. The molecule has 0 aliphatic rings. The quantitative estimate of drug-likeness (QED) is 0.372. The Morgan fingerprint density at radius 1 is 1.03 bits per heavy atom. The second-order valence-electron chi connectivity index (χ2n) is 7.81. The zero-order chi connectivity index (χ0) is 22.9. The summed E-state index contributed by atoms with van der Waals surface area (Å²) in [5.41, 5.74) is 3.95. The zero-order valence-corrected chi connectivity index (χ0v) is 19.8. The highest BCUT2D eigenvalue weighted by Gasteiger charge is 2.25. The third-order valence-corrected chi connectivity index (χ3v) is 8.27. The average molecular weight is 469 g/mol. The van der Waals surface area contributed by atoms with E-state index in [1.807, 2.05) is 32.9 Å². The Labute approximate surface area is 191 Å². The van der Waals surface area contributed by atoms with E-state index in [-0.39, 0.29) is 29.5 Å². The number of hydrogen-bond donors (Lipinski definition) is 0. The number of anilines is 1. The molecule has 0 spiro atoms. The van der Waals surface area contributed by atoms with Gasteiger partial charge in [0.25, 0.3) is 0 Å². The van der Waals surface area contributed by atoms with E-state index in [9.17, 15) is 13.2 Å². The van der Waals surface area contributed by atoms with Gasteiger partial charge in [-0.1, -0.05) is 41.2 Å². The van der Waals surface area contributed by atoms with Crippen molar-refractivity contribution >= 4 is 42.4 Å². The second-order valence-corrected chi connectivity index (χ2v) is 10.9. The van der Waals surface area contributed by atoms with Gasteiger partial charge in [-0.05, 0) is 56.2 Å². The summed E-state index contributed by atoms with van der Waals surface area (Å²) in [5.74, 6) is 0.0193. The van der Waals surface area contributed by atoms with Crippen LogP contribution in [0.25, 0.3) is 10.2 Å². The van der Waals surface area contributed by atoms with Crippen LogP contribution >= 0.6 is 11.3 Å². The molecule has 2 heterocycles. The molecule has 0 atom stereocenters. The number of aryl methyl sites for hydroxylation is 3. The predicted octanol–water partition coefficient (Wildman–Crippen LogP) is 5.21. The highest BCUT2D eigenvalue weighted by molar-refractivity contribution is 7.91. The van der Waals surface area contributed by atoms with Gasteiger partial charge in [0.2, 0.25) is 5.91 Å². The van der Waals surface area contributed by atoms with E-state index >= 15 is 0 Å². The molecular weight excluding hydrogens is 444 g/mol. The van der Waals surface area contributed by atoms with Gasteiger partial charge in [0.1, 0.15) is 5.76 Å². The second kappa shape index (κ2) is 8.88. The minimum Gasteiger partial charge on any atom is -0.467 e. The van der Waals surface area contributed by atoms with Gasteiger partial charge in [0.15, 0.2) is 15.0 Å². The lowest BCUT2D eigenvalue weighted by Crippen LogP contribution is -2.31. The summed E-state index contributed by atoms with van der Waals surface area (Å²) in [6.45, 7) is 6.08. The van der Waals surface area contributed by atoms with Gasteiger partial charge < -0.3 is 4.42 Å². The van der Waals surface area contributed by atoms with Crippen LogP contribution in [0.3, 0.4) is 0 Å². The summed E-state index contributed by atoms with van der Waals surface area (Å²) < 4.78 is 32.0. The van der Waals surface area contributed by atoms with Crippen LogP contribution in [0.2, 0.25) is 0 Å². The van der Waals surface area contributed by atoms with Crippen molar-refractivity contribution in [3.05, 3.63) is 77.2 Å². The summed E-state index contributed by atoms with van der Waals surface area (Å²) in [6.07, 6.45) is 1.40. The average Bonchev–Trinajstić information content (AvgIpc) is 3.44. The van der Waals surface area contributed by atoms with Crippen LogP contribution < -0.4 is 4.90 Å². The number of hydrogen-bond acceptors (Lipinski definition) is 6. The smallest absolute Gasteiger partial charge is 0.230 e. The molecule has 0 aliphatic carbocycles. The molecule has 166 valence electrons. The number of carbonyl (C=O) groups is 1. The third kappa shape index (κ3) is 4.61. The van der Waals surface area contributed by atoms with Crippen molar-refractivity contribution < 1.29 is 17.6 Å². The molecule has 32 heavy (non-hydrogen) atoms. The summed E-state index contributed by atoms with van der Waals surface area (Å²) in [7, 11) is -3.58. The van der Waals surface area contributed by atoms with Crippen LogP contribution in [0.15, 0.2) is 64.1 Å². The molecule has 2 aromatic heterocycles. The Morgan fingerprint density at radius 2 is 1.75 bits per heavy atom. The minimum atomic E-state index is -3.58. The number of thiazole rings is 1. The summed E-state index contributed by atoms with van der Waals surface area (Å²) in [6, 6.07) is 14.2. The molecule has 4 aromatic rings. The van der Waals surface area contributed by atoms with Gasteiger partial charge >= 0.3 is 0 Å². The molecule has 2 aromatic carbocycles. The molecule has 6 nitrogen and oxygen atoms in total. The van der Waals surface area contributed by atoms with Crippen molar-refractivity contribution in [2.24, 2.45) is 0 Å². The fourth-order valence-electron chi connectivity index (χ4n) is 3.40. The Bertz CT molecular complexity index is 1320. The van der Waals surface area contributed by atoms with Gasteiger partial charge in [-0.25, -0.2) is 13.4 Å². The van der Waals surface area contributed by atoms with Crippen molar-refractivity contribution in [3.8, 4) is 0 Å². The molecular formula is C24H24N2O4S2. The van der Waals surface area contributed by atoms with Crippen LogP contribution in [-0.2, 0) is 21.2 Å². The van der Waals surface area contributed by atoms with Gasteiger partial charge in [-0.15, -0.1) is 0 Å². The molecule has 0 saturated heterocycles. The van der Waals surface area contributed by atoms with Crippen LogP contribution in [-0.4, -0.2) is 25.1 Å². The fraction of sp³-hybridized carbons (Fsp3) is 0.250. The maximum absolute atomic E-state index is 13.2. The Kier molecular flexibility index (Phi) is 6.17. The molecule has 8 heteroatoms. The zero-order valence-electron chi connectivity index (χ0n) is 18.2. The van der Waals surface area contributed by atoms with Crippen LogP contribution in [0, 0.1) is 20.8 Å². The number of aromatic nitrogens is 1. The molecule has 0 aliphatic heterocycles. The lowest BCUT2D eigenvalue weighted by Gasteiger charge is -2.18. The van der Waals surface area contributed by atoms with E-state index in [2.05, 4.69) is 0 Å². The fourth-order valence-corrected chi connectivity index (χ4v) is 5.76. The lowest BCUT2D eigenvalue weighted by atomic mass is 10.1. The van der Waals surface area contributed by atoms with E-state index < -0.39 is 9.84 Å². The number of amides is 1. The number of furan rings is 1. The summed E-state index contributed by atoms with van der Waals surface area (Å²) in [4.78, 5) is 19.7. The maximum atomic E-state index is 13.2. The van der Waals surface area contributed by atoms with E-state index in [1.165, 1.54) is 16.2 Å². The van der Waals surface area contributed by atoms with Gasteiger partial charge in [-0.2, -0.15) is 0 Å². The van der Waals surface area contributed by atoms with Crippen molar-refractivity contribution in [2.75, 3.05) is 10.7 Å². The van der Waals surface area contributed by atoms with Crippen molar-refractivity contribution in [1.82, 2.24) is 4.98 Å². The monoisotopic (exact) mass is 468 g/mol. The van der Waals surface area contributed by atoms with Crippen molar-refractivity contribution in [2.45, 2.75) is 38.6 Å². The van der Waals surface area contributed by atoms with Crippen LogP contribution in [0.4, 0.5) is 5.13 Å². The Hall–Kier alpha value is -2.97. The van der Waals surface area contributed by atoms with Crippen LogP contribution in [0.5, 0.6) is 0 Å². The highest BCUT2D eigenvalue weighted by Crippen LogP contribution is 2.34. The number of sulfone groups is 1. The molecule has 0 unspecified atom stereocenters. The molecule has 4 rings (SSSR count). The number of benzene rings is 2. The largest absolute Gasteiger partial charge is 0.467 e. The van der Waals surface area contributed by atoms with Crippen molar-refractivity contribution in [3.63, 3.8) is 0 Å². The van der Waals surface area contributed by atoms with E-state index in [0.717, 1.165) is 26.9 Å². The molecule has 0 fully saturated rings.